The second-order valence-corrected chi connectivity index (χ2v) is 7.29. The fraction of sp³-hybridized carbons (Fsp3) is 0.250. The lowest BCUT2D eigenvalue weighted by atomic mass is 10.1. The molecule has 0 aliphatic rings. The molecule has 32 heavy (non-hydrogen) atoms. The molecule has 1 aromatic heterocycles. The molecule has 0 aliphatic carbocycles. The van der Waals surface area contributed by atoms with Gasteiger partial charge in [0.2, 0.25) is 0 Å². The summed E-state index contributed by atoms with van der Waals surface area (Å²) in [5.74, 6) is -0.607. The van der Waals surface area contributed by atoms with Crippen LogP contribution in [0.1, 0.15) is 10.4 Å². The number of nitro benzene ring substituents is 1. The van der Waals surface area contributed by atoms with Gasteiger partial charge in [0.25, 0.3) is 11.6 Å². The average molecular weight is 461 g/mol. The first-order valence-electron chi connectivity index (χ1n) is 9.06. The van der Waals surface area contributed by atoms with Crippen molar-refractivity contribution in [3.05, 3.63) is 50.8 Å². The van der Waals surface area contributed by atoms with Crippen LogP contribution in [0.15, 0.2) is 35.3 Å². The third kappa shape index (κ3) is 4.39. The Kier molecular flexibility index (Phi) is 6.73. The SMILES string of the molecule is COC(=O)Cn1c(=NC(=O)c2cc(OC)c(OC)cc2[N+](=O)[O-])sc2cc(OC)ccc21. The Labute approximate surface area is 185 Å². The van der Waals surface area contributed by atoms with Crippen molar-refractivity contribution in [2.24, 2.45) is 4.99 Å². The first-order chi connectivity index (χ1) is 15.3. The summed E-state index contributed by atoms with van der Waals surface area (Å²) >= 11 is 1.12. The molecule has 0 bridgehead atoms. The zero-order valence-electron chi connectivity index (χ0n) is 17.6. The number of esters is 1. The zero-order valence-corrected chi connectivity index (χ0v) is 18.4. The molecular weight excluding hydrogens is 442 g/mol. The lowest BCUT2D eigenvalue weighted by Crippen LogP contribution is -2.22. The molecule has 3 rings (SSSR count). The van der Waals surface area contributed by atoms with Crippen molar-refractivity contribution in [2.45, 2.75) is 6.54 Å². The molecule has 0 atom stereocenters. The van der Waals surface area contributed by atoms with Crippen molar-refractivity contribution >= 4 is 39.1 Å². The lowest BCUT2D eigenvalue weighted by molar-refractivity contribution is -0.385. The molecule has 0 unspecified atom stereocenters. The van der Waals surface area contributed by atoms with Gasteiger partial charge in [0, 0.05) is 6.07 Å². The van der Waals surface area contributed by atoms with E-state index in [-0.39, 0.29) is 28.4 Å². The van der Waals surface area contributed by atoms with E-state index < -0.39 is 22.5 Å². The number of carbonyl (C=O) groups excluding carboxylic acids is 2. The summed E-state index contributed by atoms with van der Waals surface area (Å²) in [6.07, 6.45) is 0. The minimum Gasteiger partial charge on any atom is -0.497 e. The van der Waals surface area contributed by atoms with E-state index in [0.29, 0.717) is 16.0 Å². The Balaban J connectivity index is 2.22. The number of hydrogen-bond donors (Lipinski definition) is 0. The van der Waals surface area contributed by atoms with Crippen LogP contribution in [0, 0.1) is 10.1 Å². The number of fused-ring (bicyclic) bond motifs is 1. The fourth-order valence-electron chi connectivity index (χ4n) is 2.95. The van der Waals surface area contributed by atoms with Crippen molar-refractivity contribution in [1.29, 1.82) is 0 Å². The highest BCUT2D eigenvalue weighted by Crippen LogP contribution is 2.35. The Morgan fingerprint density at radius 2 is 1.75 bits per heavy atom. The summed E-state index contributed by atoms with van der Waals surface area (Å²) in [7, 11) is 5.44. The number of aromatic nitrogens is 1. The van der Waals surface area contributed by atoms with Crippen molar-refractivity contribution in [3.63, 3.8) is 0 Å². The Hall–Kier alpha value is -3.93. The highest BCUT2D eigenvalue weighted by atomic mass is 32.1. The van der Waals surface area contributed by atoms with Crippen molar-refractivity contribution < 1.29 is 33.5 Å². The summed E-state index contributed by atoms with van der Waals surface area (Å²) in [5.41, 5.74) is -0.152. The Morgan fingerprint density at radius 1 is 1.06 bits per heavy atom. The molecule has 0 N–H and O–H groups in total. The van der Waals surface area contributed by atoms with E-state index in [9.17, 15) is 19.7 Å². The minimum atomic E-state index is -0.880. The molecule has 168 valence electrons. The van der Waals surface area contributed by atoms with Gasteiger partial charge in [-0.05, 0) is 18.2 Å². The molecule has 0 saturated heterocycles. The van der Waals surface area contributed by atoms with E-state index in [1.807, 2.05) is 0 Å². The summed E-state index contributed by atoms with van der Waals surface area (Å²) in [5, 5.41) is 11.5. The van der Waals surface area contributed by atoms with Gasteiger partial charge in [-0.25, -0.2) is 0 Å². The second-order valence-electron chi connectivity index (χ2n) is 6.28. The summed E-state index contributed by atoms with van der Waals surface area (Å²) in [6.45, 7) is -0.205. The number of benzene rings is 2. The monoisotopic (exact) mass is 461 g/mol. The normalized spacial score (nSPS) is 11.3. The highest BCUT2D eigenvalue weighted by Gasteiger charge is 2.25. The molecule has 2 aromatic carbocycles. The van der Waals surface area contributed by atoms with Crippen LogP contribution in [0.4, 0.5) is 5.69 Å². The predicted molar refractivity (Wildman–Crippen MR) is 114 cm³/mol. The highest BCUT2D eigenvalue weighted by molar-refractivity contribution is 7.16. The van der Waals surface area contributed by atoms with Gasteiger partial charge >= 0.3 is 5.97 Å². The van der Waals surface area contributed by atoms with Crippen LogP contribution in [0.2, 0.25) is 0 Å². The summed E-state index contributed by atoms with van der Waals surface area (Å²) in [4.78, 5) is 40.0. The van der Waals surface area contributed by atoms with Gasteiger partial charge in [-0.2, -0.15) is 4.99 Å². The lowest BCUT2D eigenvalue weighted by Gasteiger charge is -2.09. The van der Waals surface area contributed by atoms with Gasteiger partial charge < -0.3 is 23.5 Å². The maximum absolute atomic E-state index is 13.0. The molecule has 1 amide bonds. The largest absolute Gasteiger partial charge is 0.497 e. The minimum absolute atomic E-state index is 0.102. The number of thiazole rings is 1. The van der Waals surface area contributed by atoms with Crippen LogP contribution in [0.25, 0.3) is 10.2 Å². The van der Waals surface area contributed by atoms with E-state index in [0.717, 1.165) is 17.4 Å². The standard InChI is InChI=1S/C20H19N3O8S/c1-28-11-5-6-13-17(7-11)32-20(22(13)10-18(24)31-4)21-19(25)12-8-15(29-2)16(30-3)9-14(12)23(26)27/h5-9H,10H2,1-4H3. The molecule has 0 radical (unpaired) electrons. The van der Waals surface area contributed by atoms with Gasteiger partial charge in [-0.15, -0.1) is 0 Å². The average Bonchev–Trinajstić information content (AvgIpc) is 3.13. The van der Waals surface area contributed by atoms with E-state index in [4.69, 9.17) is 18.9 Å². The molecule has 0 fully saturated rings. The number of amides is 1. The van der Waals surface area contributed by atoms with Crippen molar-refractivity contribution in [2.75, 3.05) is 28.4 Å². The van der Waals surface area contributed by atoms with Crippen LogP contribution in [-0.4, -0.2) is 49.8 Å². The van der Waals surface area contributed by atoms with Gasteiger partial charge in [-0.3, -0.25) is 19.7 Å². The molecule has 0 spiro atoms. The Morgan fingerprint density at radius 3 is 2.34 bits per heavy atom. The van der Waals surface area contributed by atoms with Crippen LogP contribution in [0.3, 0.4) is 0 Å². The van der Waals surface area contributed by atoms with Gasteiger partial charge in [0.1, 0.15) is 17.9 Å². The van der Waals surface area contributed by atoms with Crippen molar-refractivity contribution in [3.8, 4) is 17.2 Å². The van der Waals surface area contributed by atoms with Crippen LogP contribution >= 0.6 is 11.3 Å². The third-order valence-corrected chi connectivity index (χ3v) is 5.57. The summed E-state index contributed by atoms with van der Waals surface area (Å²) in [6, 6.07) is 7.45. The van der Waals surface area contributed by atoms with Gasteiger partial charge in [0.05, 0.1) is 49.6 Å². The number of carbonyl (C=O) groups is 2. The molecule has 11 nitrogen and oxygen atoms in total. The zero-order chi connectivity index (χ0) is 23.4. The number of nitrogens with zero attached hydrogens (tertiary/aromatic N) is 3. The van der Waals surface area contributed by atoms with E-state index >= 15 is 0 Å². The molecule has 12 heteroatoms. The number of methoxy groups -OCH3 is 4. The van der Waals surface area contributed by atoms with E-state index in [2.05, 4.69) is 4.99 Å². The maximum Gasteiger partial charge on any atom is 0.325 e. The predicted octanol–water partition coefficient (Wildman–Crippen LogP) is 2.55. The number of hydrogen-bond acceptors (Lipinski definition) is 9. The van der Waals surface area contributed by atoms with Gasteiger partial charge in [0.15, 0.2) is 16.3 Å². The molecule has 3 aromatic rings. The first kappa shape index (κ1) is 22.7. The molecule has 0 aliphatic heterocycles. The van der Waals surface area contributed by atoms with E-state index in [1.165, 1.54) is 39.1 Å². The number of ether oxygens (including phenoxy) is 4. The maximum atomic E-state index is 13.0. The van der Waals surface area contributed by atoms with Crippen LogP contribution < -0.4 is 19.0 Å². The van der Waals surface area contributed by atoms with Crippen LogP contribution in [-0.2, 0) is 16.1 Å². The van der Waals surface area contributed by atoms with Crippen molar-refractivity contribution in [1.82, 2.24) is 4.57 Å². The molecule has 1 heterocycles. The van der Waals surface area contributed by atoms with E-state index in [1.54, 1.807) is 18.2 Å². The third-order valence-electron chi connectivity index (χ3n) is 4.53. The van der Waals surface area contributed by atoms with Gasteiger partial charge in [-0.1, -0.05) is 11.3 Å². The summed E-state index contributed by atoms with van der Waals surface area (Å²) < 4.78 is 22.4. The second kappa shape index (κ2) is 9.47. The fourth-order valence-corrected chi connectivity index (χ4v) is 4.01. The smallest absolute Gasteiger partial charge is 0.325 e. The molecular formula is C20H19N3O8S. The quantitative estimate of drug-likeness (QED) is 0.298. The molecule has 0 saturated carbocycles. The number of rotatable bonds is 7. The Bertz CT molecular complexity index is 1280. The topological polar surface area (TPSA) is 131 Å². The van der Waals surface area contributed by atoms with Crippen LogP contribution in [0.5, 0.6) is 17.2 Å². The first-order valence-corrected chi connectivity index (χ1v) is 9.88. The number of nitro groups is 1.